The average molecular weight is 294 g/mol. The first-order valence-corrected chi connectivity index (χ1v) is 6.43. The normalized spacial score (nSPS) is 10.0. The molecule has 0 aromatic heterocycles. The van der Waals surface area contributed by atoms with Crippen LogP contribution in [0.2, 0.25) is 0 Å². The Hall–Kier alpha value is -2.64. The van der Waals surface area contributed by atoms with E-state index in [0.29, 0.717) is 5.69 Å². The van der Waals surface area contributed by atoms with E-state index in [-0.39, 0.29) is 36.6 Å². The van der Waals surface area contributed by atoms with E-state index in [2.05, 4.69) is 16.0 Å². The van der Waals surface area contributed by atoms with E-state index in [4.69, 9.17) is 0 Å². The molecule has 114 valence electrons. The molecule has 0 radical (unpaired) electrons. The fraction of sp³-hybridized carbons (Fsp3) is 0.385. The number of amides is 2. The van der Waals surface area contributed by atoms with Crippen molar-refractivity contribution in [2.24, 2.45) is 0 Å². The lowest BCUT2D eigenvalue weighted by Gasteiger charge is -2.10. The number of rotatable bonds is 7. The lowest BCUT2D eigenvalue weighted by Crippen LogP contribution is -2.41. The Morgan fingerprint density at radius 2 is 1.95 bits per heavy atom. The first-order chi connectivity index (χ1) is 9.88. The highest BCUT2D eigenvalue weighted by Gasteiger charge is 2.08. The Labute approximate surface area is 122 Å². The fourth-order valence-corrected chi connectivity index (χ4v) is 1.53. The molecule has 1 rings (SSSR count). The SMILES string of the molecule is CC(C)NC(=O)CNC(=O)CNc1cccc([N+](=O)[O-])c1. The predicted molar refractivity (Wildman–Crippen MR) is 77.9 cm³/mol. The zero-order valence-electron chi connectivity index (χ0n) is 11.9. The van der Waals surface area contributed by atoms with Gasteiger partial charge in [-0.05, 0) is 19.9 Å². The summed E-state index contributed by atoms with van der Waals surface area (Å²) in [6.07, 6.45) is 0. The van der Waals surface area contributed by atoms with Gasteiger partial charge in [0.2, 0.25) is 11.8 Å². The molecule has 3 N–H and O–H groups in total. The molecule has 0 bridgehead atoms. The van der Waals surface area contributed by atoms with Gasteiger partial charge in [0.05, 0.1) is 18.0 Å². The lowest BCUT2D eigenvalue weighted by atomic mass is 10.3. The monoisotopic (exact) mass is 294 g/mol. The van der Waals surface area contributed by atoms with E-state index >= 15 is 0 Å². The average Bonchev–Trinajstić information content (AvgIpc) is 2.42. The van der Waals surface area contributed by atoms with Gasteiger partial charge in [-0.15, -0.1) is 0 Å². The number of nitro benzene ring substituents is 1. The summed E-state index contributed by atoms with van der Waals surface area (Å²) in [7, 11) is 0. The van der Waals surface area contributed by atoms with Crippen LogP contribution in [0.25, 0.3) is 0 Å². The van der Waals surface area contributed by atoms with E-state index in [1.165, 1.54) is 18.2 Å². The van der Waals surface area contributed by atoms with Crippen LogP contribution < -0.4 is 16.0 Å². The van der Waals surface area contributed by atoms with Gasteiger partial charge < -0.3 is 16.0 Å². The summed E-state index contributed by atoms with van der Waals surface area (Å²) < 4.78 is 0. The molecule has 0 atom stereocenters. The van der Waals surface area contributed by atoms with Crippen molar-refractivity contribution >= 4 is 23.2 Å². The van der Waals surface area contributed by atoms with Crippen LogP contribution in [0, 0.1) is 10.1 Å². The van der Waals surface area contributed by atoms with Crippen LogP contribution >= 0.6 is 0 Å². The highest BCUT2D eigenvalue weighted by atomic mass is 16.6. The van der Waals surface area contributed by atoms with Gasteiger partial charge in [0, 0.05) is 23.9 Å². The first kappa shape index (κ1) is 16.4. The molecule has 0 saturated carbocycles. The van der Waals surface area contributed by atoms with E-state index in [9.17, 15) is 19.7 Å². The molecule has 1 aromatic rings. The first-order valence-electron chi connectivity index (χ1n) is 6.43. The van der Waals surface area contributed by atoms with Gasteiger partial charge in [-0.25, -0.2) is 0 Å². The molecule has 0 aliphatic rings. The predicted octanol–water partition coefficient (Wildman–Crippen LogP) is 0.648. The fourth-order valence-electron chi connectivity index (χ4n) is 1.53. The van der Waals surface area contributed by atoms with Crippen molar-refractivity contribution in [2.45, 2.75) is 19.9 Å². The van der Waals surface area contributed by atoms with Gasteiger partial charge >= 0.3 is 0 Å². The number of non-ortho nitro benzene ring substituents is 1. The van der Waals surface area contributed by atoms with Gasteiger partial charge in [0.25, 0.3) is 5.69 Å². The molecule has 2 amide bonds. The Morgan fingerprint density at radius 1 is 1.24 bits per heavy atom. The summed E-state index contributed by atoms with van der Waals surface area (Å²) in [5.41, 5.74) is 0.405. The highest BCUT2D eigenvalue weighted by molar-refractivity contribution is 5.86. The van der Waals surface area contributed by atoms with Crippen LogP contribution in [0.15, 0.2) is 24.3 Å². The van der Waals surface area contributed by atoms with Gasteiger partial charge in [0.1, 0.15) is 0 Å². The third kappa shape index (κ3) is 6.37. The molecule has 21 heavy (non-hydrogen) atoms. The molecule has 8 nitrogen and oxygen atoms in total. The molecular formula is C13H18N4O4. The summed E-state index contributed by atoms with van der Waals surface area (Å²) in [4.78, 5) is 33.0. The number of nitrogens with zero attached hydrogens (tertiary/aromatic N) is 1. The van der Waals surface area contributed by atoms with Crippen molar-refractivity contribution in [1.82, 2.24) is 10.6 Å². The molecular weight excluding hydrogens is 276 g/mol. The van der Waals surface area contributed by atoms with Crippen LogP contribution in [0.3, 0.4) is 0 Å². The third-order valence-corrected chi connectivity index (χ3v) is 2.41. The highest BCUT2D eigenvalue weighted by Crippen LogP contribution is 2.16. The van der Waals surface area contributed by atoms with E-state index in [1.807, 2.05) is 13.8 Å². The van der Waals surface area contributed by atoms with Gasteiger partial charge in [0.15, 0.2) is 0 Å². The molecule has 0 unspecified atom stereocenters. The van der Waals surface area contributed by atoms with Crippen LogP contribution in [0.5, 0.6) is 0 Å². The summed E-state index contributed by atoms with van der Waals surface area (Å²) in [5.74, 6) is -0.644. The van der Waals surface area contributed by atoms with Gasteiger partial charge in [-0.3, -0.25) is 19.7 Å². The largest absolute Gasteiger partial charge is 0.376 e. The second-order valence-electron chi connectivity index (χ2n) is 4.66. The quantitative estimate of drug-likeness (QED) is 0.504. The molecule has 0 aliphatic heterocycles. The molecule has 1 aromatic carbocycles. The minimum absolute atomic E-state index is 0.0115. The minimum Gasteiger partial charge on any atom is -0.376 e. The van der Waals surface area contributed by atoms with Crippen molar-refractivity contribution in [3.63, 3.8) is 0 Å². The number of carbonyl (C=O) groups excluding carboxylic acids is 2. The summed E-state index contributed by atoms with van der Waals surface area (Å²) in [5, 5.41) is 18.5. The van der Waals surface area contributed by atoms with E-state index < -0.39 is 4.92 Å². The number of hydrogen-bond acceptors (Lipinski definition) is 5. The molecule has 0 fully saturated rings. The van der Waals surface area contributed by atoms with E-state index in [0.717, 1.165) is 0 Å². The maximum atomic E-state index is 11.5. The second-order valence-corrected chi connectivity index (χ2v) is 4.66. The van der Waals surface area contributed by atoms with E-state index in [1.54, 1.807) is 6.07 Å². The summed E-state index contributed by atoms with van der Waals surface area (Å²) in [6.45, 7) is 3.47. The Morgan fingerprint density at radius 3 is 2.57 bits per heavy atom. The van der Waals surface area contributed by atoms with Crippen LogP contribution in [0.1, 0.15) is 13.8 Å². The molecule has 8 heteroatoms. The number of nitro groups is 1. The number of hydrogen-bond donors (Lipinski definition) is 3. The number of nitrogens with one attached hydrogen (secondary N) is 3. The van der Waals surface area contributed by atoms with Crippen molar-refractivity contribution in [3.05, 3.63) is 34.4 Å². The van der Waals surface area contributed by atoms with Crippen molar-refractivity contribution in [3.8, 4) is 0 Å². The Kier molecular flexibility index (Phi) is 6.12. The zero-order valence-corrected chi connectivity index (χ0v) is 11.9. The number of benzene rings is 1. The second kappa shape index (κ2) is 7.83. The van der Waals surface area contributed by atoms with Crippen molar-refractivity contribution < 1.29 is 14.5 Å². The maximum absolute atomic E-state index is 11.5. The van der Waals surface area contributed by atoms with Crippen LogP contribution in [-0.4, -0.2) is 35.9 Å². The molecule has 0 spiro atoms. The Balaban J connectivity index is 2.38. The smallest absolute Gasteiger partial charge is 0.271 e. The third-order valence-electron chi connectivity index (χ3n) is 2.41. The standard InChI is InChI=1S/C13H18N4O4/c1-9(2)16-13(19)8-15-12(18)7-14-10-4-3-5-11(6-10)17(20)21/h3-6,9,14H,7-8H2,1-2H3,(H,15,18)(H,16,19). The van der Waals surface area contributed by atoms with Crippen LogP contribution in [0.4, 0.5) is 11.4 Å². The molecule has 0 aliphatic carbocycles. The van der Waals surface area contributed by atoms with Crippen LogP contribution in [-0.2, 0) is 9.59 Å². The van der Waals surface area contributed by atoms with Crippen molar-refractivity contribution in [2.75, 3.05) is 18.4 Å². The summed E-state index contributed by atoms with van der Waals surface area (Å²) >= 11 is 0. The number of anilines is 1. The summed E-state index contributed by atoms with van der Waals surface area (Å²) in [6, 6.07) is 5.85. The maximum Gasteiger partial charge on any atom is 0.271 e. The molecule has 0 saturated heterocycles. The lowest BCUT2D eigenvalue weighted by molar-refractivity contribution is -0.384. The van der Waals surface area contributed by atoms with Gasteiger partial charge in [-0.1, -0.05) is 6.07 Å². The van der Waals surface area contributed by atoms with Gasteiger partial charge in [-0.2, -0.15) is 0 Å². The minimum atomic E-state index is -0.512. The zero-order chi connectivity index (χ0) is 15.8. The Bertz CT molecular complexity index is 531. The molecule has 0 heterocycles. The number of carbonyl (C=O) groups is 2. The topological polar surface area (TPSA) is 113 Å². The van der Waals surface area contributed by atoms with Crippen molar-refractivity contribution in [1.29, 1.82) is 0 Å².